The second-order valence-electron chi connectivity index (χ2n) is 7.98. The first-order chi connectivity index (χ1) is 13.6. The van der Waals surface area contributed by atoms with E-state index in [4.69, 9.17) is 14.2 Å². The molecule has 0 bridgehead atoms. The molecule has 2 rings (SSSR count). The van der Waals surface area contributed by atoms with Crippen LogP contribution in [0.15, 0.2) is 12.1 Å². The molecule has 1 aliphatic carbocycles. The molecule has 1 heterocycles. The molecule has 0 spiro atoms. The lowest BCUT2D eigenvalue weighted by Crippen LogP contribution is -2.42. The van der Waals surface area contributed by atoms with Crippen molar-refractivity contribution in [2.75, 3.05) is 31.4 Å². The number of amides is 1. The van der Waals surface area contributed by atoms with Gasteiger partial charge >= 0.3 is 0 Å². The standard InChI is InChI=1S/C20H32N2O6S/c1-13(2)15-8-7-14(3)11-17(15)28-12-19(23)22(29(6,24)25)16-9-10-18(26-4)21-20(16)27-5/h9-10,13-15,17H,7-8,11-12H2,1-6H3. The van der Waals surface area contributed by atoms with E-state index >= 15 is 0 Å². The fourth-order valence-electron chi connectivity index (χ4n) is 3.88. The number of rotatable bonds is 8. The number of anilines is 1. The Balaban J connectivity index is 2.24. The van der Waals surface area contributed by atoms with Gasteiger partial charge in [0.05, 0.1) is 26.6 Å². The van der Waals surface area contributed by atoms with Crippen LogP contribution in [0, 0.1) is 17.8 Å². The van der Waals surface area contributed by atoms with E-state index in [-0.39, 0.29) is 30.2 Å². The maximum atomic E-state index is 12.9. The molecule has 0 N–H and O–H groups in total. The summed E-state index contributed by atoms with van der Waals surface area (Å²) < 4.78 is 41.7. The number of sulfonamides is 1. The van der Waals surface area contributed by atoms with Crippen LogP contribution in [0.25, 0.3) is 0 Å². The molecule has 3 atom stereocenters. The molecule has 1 saturated carbocycles. The predicted octanol–water partition coefficient (Wildman–Crippen LogP) is 2.87. The third kappa shape index (κ3) is 5.82. The average molecular weight is 429 g/mol. The first-order valence-corrected chi connectivity index (χ1v) is 11.7. The van der Waals surface area contributed by atoms with E-state index in [2.05, 4.69) is 25.8 Å². The number of hydrogen-bond donors (Lipinski definition) is 0. The number of pyridine rings is 1. The summed E-state index contributed by atoms with van der Waals surface area (Å²) in [6, 6.07) is 2.91. The van der Waals surface area contributed by atoms with E-state index in [0.717, 1.165) is 25.5 Å². The molecule has 1 aromatic heterocycles. The van der Waals surface area contributed by atoms with Gasteiger partial charge in [-0.05, 0) is 36.7 Å². The Morgan fingerprint density at radius 3 is 2.48 bits per heavy atom. The van der Waals surface area contributed by atoms with Crippen LogP contribution >= 0.6 is 0 Å². The van der Waals surface area contributed by atoms with Crippen LogP contribution in [-0.2, 0) is 19.6 Å². The second-order valence-corrected chi connectivity index (χ2v) is 9.81. The highest BCUT2D eigenvalue weighted by Gasteiger charge is 2.34. The number of hydrogen-bond acceptors (Lipinski definition) is 7. The van der Waals surface area contributed by atoms with Crippen LogP contribution in [0.3, 0.4) is 0 Å². The maximum Gasteiger partial charge on any atom is 0.266 e. The van der Waals surface area contributed by atoms with E-state index in [1.54, 1.807) is 0 Å². The number of methoxy groups -OCH3 is 2. The van der Waals surface area contributed by atoms with Crippen molar-refractivity contribution in [2.45, 2.75) is 46.1 Å². The lowest BCUT2D eigenvalue weighted by Gasteiger charge is -2.37. The fourth-order valence-corrected chi connectivity index (χ4v) is 4.79. The minimum atomic E-state index is -3.92. The third-order valence-corrected chi connectivity index (χ3v) is 6.44. The predicted molar refractivity (Wildman–Crippen MR) is 111 cm³/mol. The summed E-state index contributed by atoms with van der Waals surface area (Å²) in [5, 5.41) is 0. The van der Waals surface area contributed by atoms with E-state index < -0.39 is 15.9 Å². The van der Waals surface area contributed by atoms with Crippen LogP contribution in [0.5, 0.6) is 11.8 Å². The largest absolute Gasteiger partial charge is 0.481 e. The van der Waals surface area contributed by atoms with Gasteiger partial charge in [-0.2, -0.15) is 9.29 Å². The summed E-state index contributed by atoms with van der Waals surface area (Å²) in [4.78, 5) is 17.0. The summed E-state index contributed by atoms with van der Waals surface area (Å²) in [5.41, 5.74) is 0.0295. The van der Waals surface area contributed by atoms with Crippen LogP contribution in [0.1, 0.15) is 40.0 Å². The Hall–Kier alpha value is -1.87. The number of carbonyl (C=O) groups is 1. The Morgan fingerprint density at radius 2 is 1.93 bits per heavy atom. The zero-order valence-electron chi connectivity index (χ0n) is 18.0. The van der Waals surface area contributed by atoms with E-state index in [0.29, 0.717) is 22.1 Å². The van der Waals surface area contributed by atoms with Gasteiger partial charge < -0.3 is 14.2 Å². The lowest BCUT2D eigenvalue weighted by molar-refractivity contribution is -0.127. The highest BCUT2D eigenvalue weighted by molar-refractivity contribution is 7.92. The van der Waals surface area contributed by atoms with Crippen LogP contribution < -0.4 is 13.8 Å². The van der Waals surface area contributed by atoms with Crippen LogP contribution in [-0.4, -0.2) is 52.5 Å². The summed E-state index contributed by atoms with van der Waals surface area (Å²) in [5.74, 6) is 0.844. The zero-order chi connectivity index (χ0) is 21.8. The SMILES string of the molecule is COc1ccc(N(C(=O)COC2CC(C)CCC2C(C)C)S(C)(=O)=O)c(OC)n1. The summed E-state index contributed by atoms with van der Waals surface area (Å²) in [6.45, 7) is 6.14. The van der Waals surface area contributed by atoms with Gasteiger partial charge in [0.2, 0.25) is 21.8 Å². The van der Waals surface area contributed by atoms with E-state index in [9.17, 15) is 13.2 Å². The normalized spacial score (nSPS) is 22.4. The summed E-state index contributed by atoms with van der Waals surface area (Å²) >= 11 is 0. The van der Waals surface area contributed by atoms with Crippen molar-refractivity contribution < 1.29 is 27.4 Å². The van der Waals surface area contributed by atoms with Gasteiger partial charge in [-0.25, -0.2) is 8.42 Å². The number of nitrogens with zero attached hydrogens (tertiary/aromatic N) is 2. The third-order valence-electron chi connectivity index (χ3n) is 5.38. The maximum absolute atomic E-state index is 12.9. The number of aromatic nitrogens is 1. The van der Waals surface area contributed by atoms with Crippen LogP contribution in [0.4, 0.5) is 5.69 Å². The molecule has 0 radical (unpaired) electrons. The average Bonchev–Trinajstić information content (AvgIpc) is 2.65. The van der Waals surface area contributed by atoms with Gasteiger partial charge in [-0.1, -0.05) is 27.2 Å². The Labute approximate surface area is 173 Å². The first kappa shape index (κ1) is 23.4. The van der Waals surface area contributed by atoms with Crippen molar-refractivity contribution in [3.05, 3.63) is 12.1 Å². The van der Waals surface area contributed by atoms with Crippen molar-refractivity contribution in [1.82, 2.24) is 4.98 Å². The molecule has 1 amide bonds. The molecule has 1 fully saturated rings. The molecular weight excluding hydrogens is 396 g/mol. The second kappa shape index (κ2) is 9.75. The van der Waals surface area contributed by atoms with Gasteiger partial charge in [0.25, 0.3) is 5.91 Å². The minimum Gasteiger partial charge on any atom is -0.481 e. The monoisotopic (exact) mass is 428 g/mol. The summed E-state index contributed by atoms with van der Waals surface area (Å²) in [6.07, 6.45) is 3.95. The molecular formula is C20H32N2O6S. The van der Waals surface area contributed by atoms with Crippen molar-refractivity contribution in [2.24, 2.45) is 17.8 Å². The van der Waals surface area contributed by atoms with Crippen molar-refractivity contribution in [1.29, 1.82) is 0 Å². The van der Waals surface area contributed by atoms with Crippen molar-refractivity contribution in [3.8, 4) is 11.8 Å². The molecule has 3 unspecified atom stereocenters. The molecule has 29 heavy (non-hydrogen) atoms. The molecule has 1 aliphatic rings. The van der Waals surface area contributed by atoms with Crippen LogP contribution in [0.2, 0.25) is 0 Å². The molecule has 9 heteroatoms. The minimum absolute atomic E-state index is 0.0190. The topological polar surface area (TPSA) is 95.0 Å². The fraction of sp³-hybridized carbons (Fsp3) is 0.700. The molecule has 8 nitrogen and oxygen atoms in total. The molecule has 164 valence electrons. The Morgan fingerprint density at radius 1 is 1.24 bits per heavy atom. The van der Waals surface area contributed by atoms with Gasteiger partial charge in [0.1, 0.15) is 12.3 Å². The van der Waals surface area contributed by atoms with E-state index in [1.807, 2.05) is 0 Å². The van der Waals surface area contributed by atoms with E-state index in [1.165, 1.54) is 26.4 Å². The highest BCUT2D eigenvalue weighted by Crippen LogP contribution is 2.36. The number of carbonyl (C=O) groups excluding carboxylic acids is 1. The van der Waals surface area contributed by atoms with Crippen molar-refractivity contribution >= 4 is 21.6 Å². The zero-order valence-corrected chi connectivity index (χ0v) is 18.9. The van der Waals surface area contributed by atoms with Gasteiger partial charge in [0, 0.05) is 6.07 Å². The Kier molecular flexibility index (Phi) is 7.87. The quantitative estimate of drug-likeness (QED) is 0.628. The smallest absolute Gasteiger partial charge is 0.266 e. The van der Waals surface area contributed by atoms with Crippen molar-refractivity contribution in [3.63, 3.8) is 0 Å². The summed E-state index contributed by atoms with van der Waals surface area (Å²) in [7, 11) is -1.13. The molecule has 0 aromatic carbocycles. The van der Waals surface area contributed by atoms with Gasteiger partial charge in [-0.3, -0.25) is 4.79 Å². The molecule has 1 aromatic rings. The molecule has 0 aliphatic heterocycles. The molecule has 0 saturated heterocycles. The number of ether oxygens (including phenoxy) is 3. The highest BCUT2D eigenvalue weighted by atomic mass is 32.2. The Bertz CT molecular complexity index is 811. The van der Waals surface area contributed by atoms with Gasteiger partial charge in [-0.15, -0.1) is 0 Å². The first-order valence-electron chi connectivity index (χ1n) is 9.82. The van der Waals surface area contributed by atoms with Gasteiger partial charge in [0.15, 0.2) is 0 Å². The lowest BCUT2D eigenvalue weighted by atomic mass is 9.75.